The smallest absolute Gasteiger partial charge is 0.347 e. The zero-order chi connectivity index (χ0) is 18.2. The van der Waals surface area contributed by atoms with Crippen molar-refractivity contribution in [2.45, 2.75) is 13.0 Å². The lowest BCUT2D eigenvalue weighted by molar-refractivity contribution is -0.153. The molecule has 25 heavy (non-hydrogen) atoms. The Kier molecular flexibility index (Phi) is 6.07. The summed E-state index contributed by atoms with van der Waals surface area (Å²) in [5.74, 6) is -1.28. The number of rotatable bonds is 6. The molecule has 0 aliphatic rings. The van der Waals surface area contributed by atoms with Gasteiger partial charge in [0.25, 0.3) is 5.91 Å². The van der Waals surface area contributed by atoms with Gasteiger partial charge in [-0.05, 0) is 55.5 Å². The Bertz CT molecular complexity index is 782. The van der Waals surface area contributed by atoms with Gasteiger partial charge in [0.05, 0.1) is 11.6 Å². The number of hydrogen-bond donors (Lipinski definition) is 1. The topological polar surface area (TPSA) is 88.4 Å². The van der Waals surface area contributed by atoms with E-state index < -0.39 is 30.4 Å². The van der Waals surface area contributed by atoms with Crippen LogP contribution < -0.4 is 10.1 Å². The summed E-state index contributed by atoms with van der Waals surface area (Å²) in [4.78, 5) is 23.5. The van der Waals surface area contributed by atoms with Crippen LogP contribution in [0.2, 0.25) is 0 Å². The summed E-state index contributed by atoms with van der Waals surface area (Å²) in [5.41, 5.74) is 0.865. The van der Waals surface area contributed by atoms with E-state index in [1.54, 1.807) is 24.3 Å². The minimum absolute atomic E-state index is 0.393. The van der Waals surface area contributed by atoms with Gasteiger partial charge < -0.3 is 14.8 Å². The maximum absolute atomic E-state index is 12.8. The highest BCUT2D eigenvalue weighted by Crippen LogP contribution is 2.14. The van der Waals surface area contributed by atoms with E-state index in [2.05, 4.69) is 5.32 Å². The van der Waals surface area contributed by atoms with Gasteiger partial charge >= 0.3 is 5.97 Å². The van der Waals surface area contributed by atoms with E-state index in [1.807, 2.05) is 6.07 Å². The van der Waals surface area contributed by atoms with Gasteiger partial charge in [-0.25, -0.2) is 9.18 Å². The van der Waals surface area contributed by atoms with Crippen LogP contribution in [0.4, 0.5) is 10.1 Å². The van der Waals surface area contributed by atoms with E-state index in [0.29, 0.717) is 17.0 Å². The van der Waals surface area contributed by atoms with Crippen molar-refractivity contribution in [1.29, 1.82) is 5.26 Å². The van der Waals surface area contributed by atoms with Crippen molar-refractivity contribution in [3.8, 4) is 11.8 Å². The zero-order valence-corrected chi connectivity index (χ0v) is 13.4. The molecule has 1 amide bonds. The second-order valence-electron chi connectivity index (χ2n) is 5.06. The summed E-state index contributed by atoms with van der Waals surface area (Å²) in [5, 5.41) is 11.2. The Labute approximate surface area is 143 Å². The molecular weight excluding hydrogens is 327 g/mol. The number of carbonyl (C=O) groups is 2. The average molecular weight is 342 g/mol. The SMILES string of the molecule is C[C@H](Oc1ccc(C#N)cc1)C(=O)OCC(=O)Nc1ccc(F)cc1. The molecule has 0 bridgehead atoms. The molecule has 0 saturated heterocycles. The monoisotopic (exact) mass is 342 g/mol. The number of amides is 1. The van der Waals surface area contributed by atoms with Crippen LogP contribution >= 0.6 is 0 Å². The molecule has 1 N–H and O–H groups in total. The number of carbonyl (C=O) groups excluding carboxylic acids is 2. The summed E-state index contributed by atoms with van der Waals surface area (Å²) in [7, 11) is 0. The molecule has 128 valence electrons. The number of halogens is 1. The average Bonchev–Trinajstić information content (AvgIpc) is 2.62. The maximum atomic E-state index is 12.8. The van der Waals surface area contributed by atoms with Gasteiger partial charge in [-0.15, -0.1) is 0 Å². The first kappa shape index (κ1) is 17.9. The molecule has 7 heteroatoms. The predicted octanol–water partition coefficient (Wildman–Crippen LogP) is 2.65. The lowest BCUT2D eigenvalue weighted by atomic mass is 10.2. The molecule has 0 aromatic heterocycles. The molecule has 0 radical (unpaired) electrons. The van der Waals surface area contributed by atoms with Gasteiger partial charge in [0.1, 0.15) is 11.6 Å². The second kappa shape index (κ2) is 8.45. The zero-order valence-electron chi connectivity index (χ0n) is 13.4. The molecule has 0 fully saturated rings. The van der Waals surface area contributed by atoms with E-state index in [1.165, 1.54) is 31.2 Å². The molecule has 0 heterocycles. The molecular formula is C18H15FN2O4. The number of nitrogens with zero attached hydrogens (tertiary/aromatic N) is 1. The molecule has 0 saturated carbocycles. The minimum Gasteiger partial charge on any atom is -0.479 e. The second-order valence-corrected chi connectivity index (χ2v) is 5.06. The van der Waals surface area contributed by atoms with Crippen LogP contribution in [-0.2, 0) is 14.3 Å². The third-order valence-electron chi connectivity index (χ3n) is 3.10. The molecule has 0 aliphatic carbocycles. The number of esters is 1. The van der Waals surface area contributed by atoms with Gasteiger partial charge in [0, 0.05) is 5.69 Å². The third-order valence-corrected chi connectivity index (χ3v) is 3.10. The summed E-state index contributed by atoms with van der Waals surface area (Å²) >= 11 is 0. The maximum Gasteiger partial charge on any atom is 0.347 e. The van der Waals surface area contributed by atoms with E-state index in [4.69, 9.17) is 14.7 Å². The van der Waals surface area contributed by atoms with Crippen LogP contribution in [0.3, 0.4) is 0 Å². The highest BCUT2D eigenvalue weighted by molar-refractivity contribution is 5.93. The molecule has 6 nitrogen and oxygen atoms in total. The summed E-state index contributed by atoms with van der Waals surface area (Å²) in [6, 6.07) is 13.4. The van der Waals surface area contributed by atoms with Crippen molar-refractivity contribution in [1.82, 2.24) is 0 Å². The first-order chi connectivity index (χ1) is 12.0. The fourth-order valence-corrected chi connectivity index (χ4v) is 1.84. The largest absolute Gasteiger partial charge is 0.479 e. The van der Waals surface area contributed by atoms with E-state index in [0.717, 1.165) is 0 Å². The number of anilines is 1. The van der Waals surface area contributed by atoms with Crippen LogP contribution in [0, 0.1) is 17.1 Å². The summed E-state index contributed by atoms with van der Waals surface area (Å²) in [6.07, 6.45) is -0.924. The van der Waals surface area contributed by atoms with Crippen molar-refractivity contribution in [2.24, 2.45) is 0 Å². The molecule has 1 atom stereocenters. The quantitative estimate of drug-likeness (QED) is 0.815. The normalized spacial score (nSPS) is 11.1. The van der Waals surface area contributed by atoms with Crippen LogP contribution in [0.5, 0.6) is 5.75 Å². The number of nitrogens with one attached hydrogen (secondary N) is 1. The van der Waals surface area contributed by atoms with Crippen LogP contribution in [0.15, 0.2) is 48.5 Å². The van der Waals surface area contributed by atoms with Gasteiger partial charge in [0.15, 0.2) is 12.7 Å². The van der Waals surface area contributed by atoms with Crippen molar-refractivity contribution in [3.05, 3.63) is 59.9 Å². The Balaban J connectivity index is 1.79. The van der Waals surface area contributed by atoms with E-state index in [9.17, 15) is 14.0 Å². The van der Waals surface area contributed by atoms with Crippen molar-refractivity contribution in [3.63, 3.8) is 0 Å². The van der Waals surface area contributed by atoms with E-state index in [-0.39, 0.29) is 0 Å². The first-order valence-corrected chi connectivity index (χ1v) is 7.37. The summed E-state index contributed by atoms with van der Waals surface area (Å²) in [6.45, 7) is 0.996. The molecule has 2 aromatic rings. The van der Waals surface area contributed by atoms with E-state index >= 15 is 0 Å². The fraction of sp³-hybridized carbons (Fsp3) is 0.167. The predicted molar refractivity (Wildman–Crippen MR) is 87.2 cm³/mol. The Morgan fingerprint density at radius 3 is 2.40 bits per heavy atom. The van der Waals surface area contributed by atoms with Crippen LogP contribution in [0.25, 0.3) is 0 Å². The fourth-order valence-electron chi connectivity index (χ4n) is 1.84. The Hall–Kier alpha value is -3.40. The van der Waals surface area contributed by atoms with Gasteiger partial charge in [-0.1, -0.05) is 0 Å². The number of nitriles is 1. The molecule has 2 rings (SSSR count). The van der Waals surface area contributed by atoms with Gasteiger partial charge in [-0.2, -0.15) is 5.26 Å². The van der Waals surface area contributed by atoms with Gasteiger partial charge in [-0.3, -0.25) is 4.79 Å². The lowest BCUT2D eigenvalue weighted by Gasteiger charge is -2.14. The van der Waals surface area contributed by atoms with Crippen LogP contribution in [-0.4, -0.2) is 24.6 Å². The molecule has 0 aliphatic heterocycles. The third kappa shape index (κ3) is 5.62. The number of hydrogen-bond acceptors (Lipinski definition) is 5. The first-order valence-electron chi connectivity index (χ1n) is 7.37. The highest BCUT2D eigenvalue weighted by Gasteiger charge is 2.18. The summed E-state index contributed by atoms with van der Waals surface area (Å²) < 4.78 is 23.0. The Morgan fingerprint density at radius 2 is 1.80 bits per heavy atom. The molecule has 0 unspecified atom stereocenters. The van der Waals surface area contributed by atoms with Crippen LogP contribution in [0.1, 0.15) is 12.5 Å². The Morgan fingerprint density at radius 1 is 1.16 bits per heavy atom. The van der Waals surface area contributed by atoms with Crippen molar-refractivity contribution in [2.75, 3.05) is 11.9 Å². The molecule has 2 aromatic carbocycles. The van der Waals surface area contributed by atoms with Gasteiger partial charge in [0.2, 0.25) is 0 Å². The minimum atomic E-state index is -0.924. The molecule has 0 spiro atoms. The van der Waals surface area contributed by atoms with Crippen molar-refractivity contribution < 1.29 is 23.5 Å². The highest BCUT2D eigenvalue weighted by atomic mass is 19.1. The van der Waals surface area contributed by atoms with Crippen molar-refractivity contribution >= 4 is 17.6 Å². The lowest BCUT2D eigenvalue weighted by Crippen LogP contribution is -2.29. The standard InChI is InChI=1S/C18H15FN2O4/c1-12(25-16-8-2-13(10-20)3-9-16)18(23)24-11-17(22)21-15-6-4-14(19)5-7-15/h2-9,12H,11H2,1H3,(H,21,22)/t12-/m0/s1. The number of ether oxygens (including phenoxy) is 2. The number of benzene rings is 2.